The smallest absolute Gasteiger partial charge is 0.404 e. The number of aromatic nitrogens is 3. The number of fused-ring (bicyclic) bond motifs is 1. The Morgan fingerprint density at radius 2 is 1.86 bits per heavy atom. The molecule has 6 nitrogen and oxygen atoms in total. The maximum Gasteiger partial charge on any atom is 0.573 e. The van der Waals surface area contributed by atoms with Gasteiger partial charge in [0, 0.05) is 11.7 Å². The number of nitrogens with zero attached hydrogens (tertiary/aromatic N) is 3. The van der Waals surface area contributed by atoms with E-state index in [1.807, 2.05) is 27.7 Å². The molecule has 0 saturated carbocycles. The molecule has 0 saturated heterocycles. The van der Waals surface area contributed by atoms with E-state index in [0.29, 0.717) is 16.7 Å². The predicted molar refractivity (Wildman–Crippen MR) is 103 cm³/mol. The molecule has 0 fully saturated rings. The fourth-order valence-electron chi connectivity index (χ4n) is 2.87. The lowest BCUT2D eigenvalue weighted by molar-refractivity contribution is -0.274. The van der Waals surface area contributed by atoms with Gasteiger partial charge in [0.15, 0.2) is 11.4 Å². The molecule has 1 aromatic carbocycles. The third kappa shape index (κ3) is 4.49. The number of rotatable bonds is 5. The number of pyridine rings is 1. The molecule has 3 rings (SSSR count). The zero-order valence-electron chi connectivity index (χ0n) is 16.4. The van der Waals surface area contributed by atoms with Crippen LogP contribution in [0.15, 0.2) is 36.5 Å². The normalized spacial score (nSPS) is 12.0. The summed E-state index contributed by atoms with van der Waals surface area (Å²) >= 11 is 0. The molecule has 29 heavy (non-hydrogen) atoms. The van der Waals surface area contributed by atoms with Crippen LogP contribution in [0.1, 0.15) is 55.7 Å². The van der Waals surface area contributed by atoms with E-state index in [0.717, 1.165) is 6.07 Å². The minimum atomic E-state index is -4.87. The lowest BCUT2D eigenvalue weighted by Gasteiger charge is -2.15. The van der Waals surface area contributed by atoms with Crippen LogP contribution in [0, 0.1) is 0 Å². The van der Waals surface area contributed by atoms with E-state index in [9.17, 15) is 18.0 Å². The largest absolute Gasteiger partial charge is 0.573 e. The highest BCUT2D eigenvalue weighted by atomic mass is 19.4. The number of hydrogen-bond acceptors (Lipinski definition) is 4. The van der Waals surface area contributed by atoms with Gasteiger partial charge in [-0.25, -0.2) is 9.67 Å². The minimum Gasteiger partial charge on any atom is -0.404 e. The average molecular weight is 406 g/mol. The van der Waals surface area contributed by atoms with E-state index in [2.05, 4.69) is 20.1 Å². The Hall–Kier alpha value is -3.10. The second-order valence-electron chi connectivity index (χ2n) is 7.17. The summed E-state index contributed by atoms with van der Waals surface area (Å²) < 4.78 is 43.7. The zero-order chi connectivity index (χ0) is 21.3. The topological polar surface area (TPSA) is 69.0 Å². The maximum absolute atomic E-state index is 13.0. The number of ether oxygens (including phenoxy) is 1. The Labute approximate surface area is 165 Å². The first-order valence-electron chi connectivity index (χ1n) is 9.11. The van der Waals surface area contributed by atoms with Crippen LogP contribution in [0.2, 0.25) is 0 Å². The van der Waals surface area contributed by atoms with Gasteiger partial charge >= 0.3 is 6.36 Å². The summed E-state index contributed by atoms with van der Waals surface area (Å²) in [4.78, 5) is 17.6. The number of carbonyl (C=O) groups is 1. The molecule has 0 atom stereocenters. The molecule has 154 valence electrons. The van der Waals surface area contributed by atoms with Crippen molar-refractivity contribution in [2.24, 2.45) is 0 Å². The minimum absolute atomic E-state index is 0.0271. The van der Waals surface area contributed by atoms with Crippen molar-refractivity contribution in [3.8, 4) is 5.75 Å². The molecule has 1 amide bonds. The molecule has 1 N–H and O–H groups in total. The quantitative estimate of drug-likeness (QED) is 0.625. The highest BCUT2D eigenvalue weighted by Crippen LogP contribution is 2.31. The fourth-order valence-corrected chi connectivity index (χ4v) is 2.87. The van der Waals surface area contributed by atoms with Gasteiger partial charge < -0.3 is 10.1 Å². The van der Waals surface area contributed by atoms with Crippen LogP contribution in [-0.4, -0.2) is 27.0 Å². The predicted octanol–water partition coefficient (Wildman–Crippen LogP) is 5.29. The van der Waals surface area contributed by atoms with Crippen molar-refractivity contribution in [1.82, 2.24) is 14.8 Å². The molecule has 0 aliphatic rings. The van der Waals surface area contributed by atoms with Crippen LogP contribution in [-0.2, 0) is 0 Å². The summed E-state index contributed by atoms with van der Waals surface area (Å²) in [6, 6.07) is 7.06. The number of alkyl halides is 3. The Balaban J connectivity index is 2.04. The van der Waals surface area contributed by atoms with Gasteiger partial charge in [0.25, 0.3) is 5.91 Å². The second-order valence-corrected chi connectivity index (χ2v) is 7.17. The summed E-state index contributed by atoms with van der Waals surface area (Å²) in [6.07, 6.45) is -3.33. The third-order valence-electron chi connectivity index (χ3n) is 4.27. The lowest BCUT2D eigenvalue weighted by atomic mass is 10.0. The molecule has 2 aromatic heterocycles. The summed E-state index contributed by atoms with van der Waals surface area (Å²) in [5, 5.41) is 7.35. The highest BCUT2D eigenvalue weighted by Gasteiger charge is 2.32. The van der Waals surface area contributed by atoms with Gasteiger partial charge in [-0.3, -0.25) is 4.79 Å². The number of hydrogen-bond donors (Lipinski definition) is 1. The number of anilines is 1. The van der Waals surface area contributed by atoms with Crippen molar-refractivity contribution in [2.75, 3.05) is 5.32 Å². The first kappa shape index (κ1) is 20.6. The molecule has 0 unspecified atom stereocenters. The summed E-state index contributed by atoms with van der Waals surface area (Å²) in [7, 11) is 0. The standard InChI is InChI=1S/C20H21F3N4O2/c1-11(2)16-9-13(14-10-24-27(12(3)4)18(14)25-16)19(28)26-15-7-5-6-8-17(15)29-20(21,22)23/h5-12H,1-4H3,(H,26,28). The van der Waals surface area contributed by atoms with Crippen LogP contribution in [0.5, 0.6) is 5.75 Å². The van der Waals surface area contributed by atoms with E-state index in [1.165, 1.54) is 18.2 Å². The number of para-hydroxylation sites is 2. The fraction of sp³-hybridized carbons (Fsp3) is 0.350. The highest BCUT2D eigenvalue weighted by molar-refractivity contribution is 6.12. The average Bonchev–Trinajstić information content (AvgIpc) is 3.05. The summed E-state index contributed by atoms with van der Waals surface area (Å²) in [6.45, 7) is 7.78. The van der Waals surface area contributed by atoms with Gasteiger partial charge in [-0.15, -0.1) is 13.2 Å². The third-order valence-corrected chi connectivity index (χ3v) is 4.27. The maximum atomic E-state index is 13.0. The Morgan fingerprint density at radius 1 is 1.17 bits per heavy atom. The van der Waals surface area contributed by atoms with Crippen molar-refractivity contribution >= 4 is 22.6 Å². The van der Waals surface area contributed by atoms with E-state index >= 15 is 0 Å². The number of benzene rings is 1. The SMILES string of the molecule is CC(C)c1cc(C(=O)Nc2ccccc2OC(F)(F)F)c2cnn(C(C)C)c2n1. The van der Waals surface area contributed by atoms with Crippen LogP contribution in [0.3, 0.4) is 0 Å². The number of nitrogens with one attached hydrogen (secondary N) is 1. The molecule has 3 aromatic rings. The molecule has 9 heteroatoms. The van der Waals surface area contributed by atoms with E-state index in [1.54, 1.807) is 16.9 Å². The molecule has 0 spiro atoms. The van der Waals surface area contributed by atoms with Gasteiger partial charge in [0.05, 0.1) is 22.8 Å². The summed E-state index contributed by atoms with van der Waals surface area (Å²) in [5.41, 5.74) is 1.44. The molecular formula is C20H21F3N4O2. The van der Waals surface area contributed by atoms with Gasteiger partial charge in [-0.2, -0.15) is 5.10 Å². The number of halogens is 3. The van der Waals surface area contributed by atoms with Crippen LogP contribution < -0.4 is 10.1 Å². The van der Waals surface area contributed by atoms with Gasteiger partial charge in [-0.05, 0) is 38.0 Å². The van der Waals surface area contributed by atoms with E-state index < -0.39 is 18.0 Å². The number of amides is 1. The molecule has 0 aliphatic carbocycles. The van der Waals surface area contributed by atoms with Crippen molar-refractivity contribution in [1.29, 1.82) is 0 Å². The monoisotopic (exact) mass is 406 g/mol. The zero-order valence-corrected chi connectivity index (χ0v) is 16.4. The lowest BCUT2D eigenvalue weighted by Crippen LogP contribution is -2.20. The van der Waals surface area contributed by atoms with E-state index in [4.69, 9.17) is 0 Å². The van der Waals surface area contributed by atoms with Gasteiger partial charge in [-0.1, -0.05) is 26.0 Å². The van der Waals surface area contributed by atoms with Crippen LogP contribution in [0.4, 0.5) is 18.9 Å². The molecule has 2 heterocycles. The van der Waals surface area contributed by atoms with E-state index in [-0.39, 0.29) is 23.2 Å². The molecular weight excluding hydrogens is 385 g/mol. The van der Waals surface area contributed by atoms with Crippen molar-refractivity contribution in [3.63, 3.8) is 0 Å². The first-order chi connectivity index (χ1) is 13.6. The Kier molecular flexibility index (Phi) is 5.50. The molecule has 0 bridgehead atoms. The van der Waals surface area contributed by atoms with Gasteiger partial charge in [0.1, 0.15) is 0 Å². The van der Waals surface area contributed by atoms with Crippen molar-refractivity contribution < 1.29 is 22.7 Å². The molecule has 0 radical (unpaired) electrons. The molecule has 0 aliphatic heterocycles. The second kappa shape index (κ2) is 7.73. The van der Waals surface area contributed by atoms with Crippen LogP contribution >= 0.6 is 0 Å². The van der Waals surface area contributed by atoms with Crippen molar-refractivity contribution in [2.45, 2.75) is 46.0 Å². The first-order valence-corrected chi connectivity index (χ1v) is 9.11. The van der Waals surface area contributed by atoms with Crippen LogP contribution in [0.25, 0.3) is 11.0 Å². The van der Waals surface area contributed by atoms with Gasteiger partial charge in [0.2, 0.25) is 0 Å². The Morgan fingerprint density at radius 3 is 2.48 bits per heavy atom. The Bertz CT molecular complexity index is 1040. The number of carbonyl (C=O) groups excluding carboxylic acids is 1. The summed E-state index contributed by atoms with van der Waals surface area (Å²) in [5.74, 6) is -1.01. The van der Waals surface area contributed by atoms with Crippen molar-refractivity contribution in [3.05, 3.63) is 47.8 Å².